The van der Waals surface area contributed by atoms with Crippen LogP contribution in [0.3, 0.4) is 0 Å². The van der Waals surface area contributed by atoms with Crippen molar-refractivity contribution in [3.8, 4) is 11.1 Å². The van der Waals surface area contributed by atoms with E-state index in [0.717, 1.165) is 29.2 Å². The van der Waals surface area contributed by atoms with E-state index in [4.69, 9.17) is 9.84 Å². The van der Waals surface area contributed by atoms with E-state index in [1.807, 2.05) is 53.8 Å². The Morgan fingerprint density at radius 3 is 2.15 bits per heavy atom. The number of benzene rings is 2. The monoisotopic (exact) mass is 474 g/mol. The number of alkyl carbamates (subject to hydrolysis) is 1. The molecular weight excluding hydrogens is 450 g/mol. The van der Waals surface area contributed by atoms with Crippen LogP contribution >= 0.6 is 0 Å². The molecule has 180 valence electrons. The third kappa shape index (κ3) is 4.33. The lowest BCUT2D eigenvalue weighted by atomic mass is 9.98. The Bertz CT molecular complexity index is 1090. The number of aliphatic hydroxyl groups is 1. The summed E-state index contributed by atoms with van der Waals surface area (Å²) in [6, 6.07) is 15.5. The second-order valence-electron chi connectivity index (χ2n) is 8.76. The molecule has 2 aliphatic rings. The average Bonchev–Trinajstić information content (AvgIpc) is 3.21. The molecule has 3 atom stereocenters. The van der Waals surface area contributed by atoms with Gasteiger partial charge in [-0.2, -0.15) is 0 Å². The number of aliphatic carboxylic acids is 1. The van der Waals surface area contributed by atoms with E-state index in [-0.39, 0.29) is 12.5 Å². The molecule has 4 rings (SSSR count). The number of nitrogens with one attached hydrogen (secondary N) is 2. The lowest BCUT2D eigenvalue weighted by Gasteiger charge is -2.18. The van der Waals surface area contributed by atoms with Crippen LogP contribution in [0.2, 0.25) is 0 Å². The normalized spacial score (nSPS) is 21.5. The van der Waals surface area contributed by atoms with E-state index in [0.29, 0.717) is 0 Å². The summed E-state index contributed by atoms with van der Waals surface area (Å²) in [5.41, 5.74) is 1.86. The topological polar surface area (TPSA) is 125 Å². The van der Waals surface area contributed by atoms with Gasteiger partial charge in [-0.3, -0.25) is 4.79 Å². The number of ether oxygens (including phenoxy) is 1. The van der Waals surface area contributed by atoms with E-state index in [1.165, 1.54) is 0 Å². The molecule has 3 unspecified atom stereocenters. The van der Waals surface area contributed by atoms with E-state index >= 15 is 0 Å². The van der Waals surface area contributed by atoms with Gasteiger partial charge in [0, 0.05) is 12.5 Å². The van der Waals surface area contributed by atoms with E-state index in [2.05, 4.69) is 5.32 Å². The minimum Gasteiger partial charge on any atom is -0.479 e. The number of hydrogen-bond donors (Lipinski definition) is 4. The van der Waals surface area contributed by atoms with Gasteiger partial charge >= 0.3 is 12.1 Å². The third-order valence-corrected chi connectivity index (χ3v) is 6.36. The molecule has 0 spiro atoms. The summed E-state index contributed by atoms with van der Waals surface area (Å²) < 4.78 is 33.4. The largest absolute Gasteiger partial charge is 0.479 e. The molecule has 0 radical (unpaired) electrons. The van der Waals surface area contributed by atoms with Gasteiger partial charge in [0.1, 0.15) is 12.5 Å². The van der Waals surface area contributed by atoms with Crippen LogP contribution in [0.4, 0.5) is 13.6 Å². The number of amides is 2. The number of hydrogen-bond acceptors (Lipinski definition) is 5. The van der Waals surface area contributed by atoms with Gasteiger partial charge in [-0.1, -0.05) is 48.5 Å². The molecule has 0 heterocycles. The van der Waals surface area contributed by atoms with Gasteiger partial charge in [-0.15, -0.1) is 0 Å². The van der Waals surface area contributed by atoms with Crippen molar-refractivity contribution < 1.29 is 38.1 Å². The zero-order valence-electron chi connectivity index (χ0n) is 18.3. The molecule has 10 heteroatoms. The predicted octanol–water partition coefficient (Wildman–Crippen LogP) is 2.36. The fourth-order valence-electron chi connectivity index (χ4n) is 4.29. The zero-order chi connectivity index (χ0) is 24.7. The van der Waals surface area contributed by atoms with Crippen LogP contribution in [0.25, 0.3) is 11.1 Å². The van der Waals surface area contributed by atoms with Crippen molar-refractivity contribution in [2.45, 2.75) is 24.4 Å². The number of halogens is 2. The summed E-state index contributed by atoms with van der Waals surface area (Å²) in [6.07, 6.45) is -0.877. The molecule has 0 bridgehead atoms. The summed E-state index contributed by atoms with van der Waals surface area (Å²) in [5, 5.41) is 22.8. The quantitative estimate of drug-likeness (QED) is 0.466. The van der Waals surface area contributed by atoms with Gasteiger partial charge in [0.2, 0.25) is 5.91 Å². The first-order chi connectivity index (χ1) is 16.0. The Kier molecular flexibility index (Phi) is 6.03. The standard InChI is InChI=1S/C24H24F2N2O6/c1-23(33,21(30)31)12-28-20(29)19-18(24(19,25)26)10-27-22(32)34-11-17-15-8-4-2-6-13(15)14-7-3-5-9-16(14)17/h2-9,17-19,33H,10-12H2,1H3,(H,27,32)(H,28,29)(H,30,31). The number of carbonyl (C=O) groups is 3. The molecule has 2 aromatic carbocycles. The fraction of sp³-hybridized carbons (Fsp3) is 0.375. The van der Waals surface area contributed by atoms with Gasteiger partial charge in [-0.05, 0) is 29.2 Å². The van der Waals surface area contributed by atoms with Crippen molar-refractivity contribution in [2.75, 3.05) is 19.7 Å². The van der Waals surface area contributed by atoms with Crippen LogP contribution in [0, 0.1) is 11.8 Å². The second-order valence-corrected chi connectivity index (χ2v) is 8.76. The summed E-state index contributed by atoms with van der Waals surface area (Å²) in [5.74, 6) is -9.42. The van der Waals surface area contributed by atoms with Crippen molar-refractivity contribution in [1.29, 1.82) is 0 Å². The van der Waals surface area contributed by atoms with Gasteiger partial charge in [0.15, 0.2) is 5.60 Å². The Balaban J connectivity index is 1.29. The molecule has 34 heavy (non-hydrogen) atoms. The smallest absolute Gasteiger partial charge is 0.407 e. The van der Waals surface area contributed by atoms with E-state index in [1.54, 1.807) is 0 Å². The van der Waals surface area contributed by atoms with E-state index < -0.39 is 54.4 Å². The molecular formula is C24H24F2N2O6. The van der Waals surface area contributed by atoms with Gasteiger partial charge < -0.3 is 25.6 Å². The molecule has 8 nitrogen and oxygen atoms in total. The molecule has 1 fully saturated rings. The molecule has 1 saturated carbocycles. The summed E-state index contributed by atoms with van der Waals surface area (Å²) in [6.45, 7) is -0.247. The van der Waals surface area contributed by atoms with Crippen LogP contribution in [-0.2, 0) is 14.3 Å². The first-order valence-electron chi connectivity index (χ1n) is 10.7. The van der Waals surface area contributed by atoms with Crippen LogP contribution < -0.4 is 10.6 Å². The highest BCUT2D eigenvalue weighted by atomic mass is 19.3. The molecule has 4 N–H and O–H groups in total. The van der Waals surface area contributed by atoms with Crippen molar-refractivity contribution in [3.63, 3.8) is 0 Å². The van der Waals surface area contributed by atoms with Crippen LogP contribution in [0.5, 0.6) is 0 Å². The number of carbonyl (C=O) groups excluding carboxylic acids is 2. The average molecular weight is 474 g/mol. The third-order valence-electron chi connectivity index (χ3n) is 6.36. The summed E-state index contributed by atoms with van der Waals surface area (Å²) >= 11 is 0. The lowest BCUT2D eigenvalue weighted by Crippen LogP contribution is -2.47. The SMILES string of the molecule is CC(O)(CNC(=O)C1C(CNC(=O)OCC2c3ccccc3-c3ccccc32)C1(F)F)C(=O)O. The maximum absolute atomic E-state index is 14.1. The molecule has 2 aromatic rings. The van der Waals surface area contributed by atoms with Crippen LogP contribution in [0.1, 0.15) is 24.0 Å². The summed E-state index contributed by atoms with van der Waals surface area (Å²) in [7, 11) is 0. The second kappa shape index (κ2) is 8.68. The number of rotatable bonds is 8. The van der Waals surface area contributed by atoms with Gasteiger partial charge in [0.05, 0.1) is 12.5 Å². The molecule has 0 saturated heterocycles. The van der Waals surface area contributed by atoms with Gasteiger partial charge in [0.25, 0.3) is 5.92 Å². The fourth-order valence-corrected chi connectivity index (χ4v) is 4.29. The van der Waals surface area contributed by atoms with Crippen molar-refractivity contribution >= 4 is 18.0 Å². The highest BCUT2D eigenvalue weighted by Gasteiger charge is 2.71. The number of carboxylic acids is 1. The highest BCUT2D eigenvalue weighted by molar-refractivity contribution is 5.85. The van der Waals surface area contributed by atoms with Gasteiger partial charge in [-0.25, -0.2) is 18.4 Å². The van der Waals surface area contributed by atoms with Crippen LogP contribution in [0.15, 0.2) is 48.5 Å². The Hall–Kier alpha value is -3.53. The lowest BCUT2D eigenvalue weighted by molar-refractivity contribution is -0.156. The van der Waals surface area contributed by atoms with Crippen molar-refractivity contribution in [1.82, 2.24) is 10.6 Å². The minimum atomic E-state index is -3.37. The Morgan fingerprint density at radius 2 is 1.59 bits per heavy atom. The first kappa shape index (κ1) is 23.6. The molecule has 2 amide bonds. The maximum Gasteiger partial charge on any atom is 0.407 e. The molecule has 2 aliphatic carbocycles. The van der Waals surface area contributed by atoms with Crippen LogP contribution in [-0.4, -0.2) is 59.4 Å². The Labute approximate surface area is 193 Å². The number of carboxylic acid groups (broad SMARTS) is 1. The zero-order valence-corrected chi connectivity index (χ0v) is 18.3. The molecule has 0 aliphatic heterocycles. The highest BCUT2D eigenvalue weighted by Crippen LogP contribution is 2.55. The predicted molar refractivity (Wildman–Crippen MR) is 116 cm³/mol. The van der Waals surface area contributed by atoms with Crippen molar-refractivity contribution in [3.05, 3.63) is 59.7 Å². The summed E-state index contributed by atoms with van der Waals surface area (Å²) in [4.78, 5) is 35.1. The maximum atomic E-state index is 14.1. The number of fused-ring (bicyclic) bond motifs is 3. The first-order valence-corrected chi connectivity index (χ1v) is 10.7. The number of alkyl halides is 2. The minimum absolute atomic E-state index is 0.0229. The van der Waals surface area contributed by atoms with E-state index in [9.17, 15) is 28.3 Å². The Morgan fingerprint density at radius 1 is 1.03 bits per heavy atom. The van der Waals surface area contributed by atoms with Crippen molar-refractivity contribution in [2.24, 2.45) is 11.8 Å². The molecule has 0 aromatic heterocycles.